The molecule has 1 unspecified atom stereocenters. The number of ether oxygens (including phenoxy) is 2. The summed E-state index contributed by atoms with van der Waals surface area (Å²) in [5.41, 5.74) is 18.6. The predicted molar refractivity (Wildman–Crippen MR) is 356 cm³/mol. The Labute approximate surface area is 564 Å². The molecule has 0 bridgehead atoms. The molecule has 1 fully saturated rings. The van der Waals surface area contributed by atoms with Crippen LogP contribution in [0.15, 0.2) is 99.9 Å². The average Bonchev–Trinajstić information content (AvgIpc) is 1.45. The number of aliphatic imine (C=N–C) groups is 1. The maximum atomic E-state index is 14.5. The Balaban J connectivity index is 0.00000729. The first-order valence-corrected chi connectivity index (χ1v) is 30.7. The van der Waals surface area contributed by atoms with Crippen LogP contribution < -0.4 is 60.0 Å². The molecular formula is C65H80Cl2N14O15. The Kier molecular flexibility index (Phi) is 25.7. The summed E-state index contributed by atoms with van der Waals surface area (Å²) >= 11 is 0. The van der Waals surface area contributed by atoms with Gasteiger partial charge in [0.05, 0.1) is 60.7 Å². The smallest absolute Gasteiger partial charge is 0.355 e. The van der Waals surface area contributed by atoms with E-state index >= 15 is 0 Å². The number of carbonyl (C=O) groups excluding carboxylic acids is 9. The zero-order valence-electron chi connectivity index (χ0n) is 53.7. The monoisotopic (exact) mass is 1370 g/mol. The van der Waals surface area contributed by atoms with E-state index in [1.165, 1.54) is 4.57 Å². The van der Waals surface area contributed by atoms with E-state index in [9.17, 15) is 57.8 Å². The summed E-state index contributed by atoms with van der Waals surface area (Å²) in [5.74, 6) is -10.3. The number of para-hydroxylation sites is 1. The van der Waals surface area contributed by atoms with E-state index in [1.807, 2.05) is 45.0 Å². The number of fused-ring (bicyclic) bond motifs is 5. The molecule has 3 aliphatic heterocycles. The fraction of sp³-hybridized carbons (Fsp3) is 0.415. The predicted octanol–water partition coefficient (Wildman–Crippen LogP) is 1.18. The van der Waals surface area contributed by atoms with Crippen molar-refractivity contribution >= 4 is 107 Å². The quantitative estimate of drug-likeness (QED) is 0.0149. The van der Waals surface area contributed by atoms with Crippen LogP contribution in [0.2, 0.25) is 0 Å². The third kappa shape index (κ3) is 18.7. The van der Waals surface area contributed by atoms with Crippen LogP contribution in [0.3, 0.4) is 0 Å². The Morgan fingerprint density at radius 1 is 0.823 bits per heavy atom. The van der Waals surface area contributed by atoms with Gasteiger partial charge in [0.15, 0.2) is 5.96 Å². The molecule has 3 aromatic carbocycles. The van der Waals surface area contributed by atoms with Crippen molar-refractivity contribution in [2.45, 2.75) is 154 Å². The Morgan fingerprint density at radius 2 is 1.44 bits per heavy atom. The van der Waals surface area contributed by atoms with E-state index in [-0.39, 0.29) is 93.6 Å². The number of carbonyl (C=O) groups is 10. The third-order valence-corrected chi connectivity index (χ3v) is 15.9. The zero-order valence-corrected chi connectivity index (χ0v) is 55.3. The molecule has 2 aromatic heterocycles. The number of esters is 2. The van der Waals surface area contributed by atoms with Crippen LogP contribution in [0.4, 0.5) is 0 Å². The Hall–Kier alpha value is -10.0. The summed E-state index contributed by atoms with van der Waals surface area (Å²) in [6, 6.07) is 15.3. The number of aliphatic carboxylic acids is 1. The lowest BCUT2D eigenvalue weighted by molar-refractivity contribution is -0.191. The van der Waals surface area contributed by atoms with E-state index in [2.05, 4.69) is 47.4 Å². The SMILES string of the molecule is CC[C@@]1(OC(=O)[C@@H](NC(=O)[C@@H](N)CC(=O)NCc2ccc(C[C@@H]3NC(=O)C(Cc4ccccc4)NC(=O)[C@H](CC(=O)O)NC(=O)CNC(=O)[C@H](CCCN=C(N)N)NC3=O)cc2)C(C)C)C(=O)OCc2c1cc1n(c2=O)Cc2c-1nc1ccccc1c2/C=N/OC(C)(C)C.Cl.Cl. The maximum absolute atomic E-state index is 14.5. The number of hydrogen-bond donors (Lipinski definition) is 11. The first-order valence-electron chi connectivity index (χ1n) is 30.7. The van der Waals surface area contributed by atoms with Crippen molar-refractivity contribution in [1.29, 1.82) is 0 Å². The van der Waals surface area contributed by atoms with Crippen LogP contribution in [0, 0.1) is 5.92 Å². The molecule has 7 atom stereocenters. The molecule has 5 heterocycles. The van der Waals surface area contributed by atoms with Crippen molar-refractivity contribution in [2.75, 3.05) is 13.1 Å². The van der Waals surface area contributed by atoms with Crippen molar-refractivity contribution in [3.63, 3.8) is 0 Å². The van der Waals surface area contributed by atoms with Gasteiger partial charge in [-0.15, -0.1) is 24.8 Å². The number of guanidine groups is 1. The topological polar surface area (TPSA) is 440 Å². The van der Waals surface area contributed by atoms with E-state index in [4.69, 9.17) is 36.5 Å². The summed E-state index contributed by atoms with van der Waals surface area (Å²) in [7, 11) is 0. The minimum absolute atomic E-state index is 0. The number of carboxylic acids is 1. The minimum Gasteiger partial charge on any atom is -0.481 e. The Morgan fingerprint density at radius 3 is 2.06 bits per heavy atom. The summed E-state index contributed by atoms with van der Waals surface area (Å²) < 4.78 is 13.2. The molecule has 0 saturated carbocycles. The van der Waals surface area contributed by atoms with Crippen molar-refractivity contribution < 1.29 is 67.4 Å². The fourth-order valence-corrected chi connectivity index (χ4v) is 11.0. The fourth-order valence-electron chi connectivity index (χ4n) is 11.0. The lowest BCUT2D eigenvalue weighted by Gasteiger charge is -2.37. The number of nitrogens with zero attached hydrogens (tertiary/aromatic N) is 4. The van der Waals surface area contributed by atoms with Gasteiger partial charge in [0, 0.05) is 48.0 Å². The highest BCUT2D eigenvalue weighted by Crippen LogP contribution is 2.42. The van der Waals surface area contributed by atoms with Gasteiger partial charge in [0.1, 0.15) is 42.4 Å². The average molecular weight is 1370 g/mol. The zero-order chi connectivity index (χ0) is 68.2. The molecule has 7 amide bonds. The van der Waals surface area contributed by atoms with Gasteiger partial charge in [-0.05, 0) is 74.8 Å². The highest BCUT2D eigenvalue weighted by atomic mass is 35.5. The number of nitrogens with two attached hydrogens (primary N) is 3. The molecule has 0 radical (unpaired) electrons. The highest BCUT2D eigenvalue weighted by Gasteiger charge is 2.52. The van der Waals surface area contributed by atoms with Crippen molar-refractivity contribution in [1.82, 2.24) is 46.8 Å². The molecule has 14 N–H and O–H groups in total. The van der Waals surface area contributed by atoms with Crippen LogP contribution in [-0.4, -0.2) is 141 Å². The molecule has 514 valence electrons. The molecule has 0 spiro atoms. The molecule has 1 saturated heterocycles. The number of halogens is 2. The number of amides is 7. The van der Waals surface area contributed by atoms with Gasteiger partial charge in [0.25, 0.3) is 5.56 Å². The number of pyridine rings is 2. The number of aromatic nitrogens is 2. The van der Waals surface area contributed by atoms with Crippen molar-refractivity contribution in [3.8, 4) is 11.4 Å². The molecular weight excluding hydrogens is 1290 g/mol. The normalized spacial score (nSPS) is 19.4. The molecule has 0 aliphatic carbocycles. The number of hydrogen-bond acceptors (Lipinski definition) is 18. The molecule has 5 aromatic rings. The maximum Gasteiger partial charge on any atom is 0.355 e. The molecule has 31 heteroatoms. The molecule has 96 heavy (non-hydrogen) atoms. The second kappa shape index (κ2) is 32.9. The lowest BCUT2D eigenvalue weighted by atomic mass is 9.85. The Bertz CT molecular complexity index is 3880. The largest absolute Gasteiger partial charge is 0.481 e. The van der Waals surface area contributed by atoms with Crippen LogP contribution >= 0.6 is 24.8 Å². The number of cyclic esters (lactones) is 1. The third-order valence-electron chi connectivity index (χ3n) is 15.9. The standard InChI is InChI=1S/C65H78N14O15.2ClH/c1-7-65(42-26-49-54-40(32-79(49)60(89)41(42)33-92-62(65)91)39(30-72-94-64(4,5)6)38-16-11-12-17-44(38)74-54)93-61(90)53(34(2)3)78-55(84)43(66)27-50(80)70-29-37-21-19-36(20-22-37)25-47-57(86)75-45(18-13-23-69-63(67)68)56(85)71-31-51(81)73-48(28-52(82)83)59(88)77-46(58(87)76-47)24-35-14-9-8-10-15-35;;/h8-12,14-17,19-22,26,30,34,43,45-48,53H,7,13,18,23-25,27-29,31-33,66H2,1-6H3,(H,70,80)(H,71,85)(H,73,81)(H,75,86)(H,76,87)(H,77,88)(H,78,84)(H,82,83)(H4,67,68,69);2*1H/b72-30+;;/t43-,45-,46?,47-,48-,53-,65-;;/m0../s1. The van der Waals surface area contributed by atoms with Gasteiger partial charge in [0.2, 0.25) is 47.0 Å². The highest BCUT2D eigenvalue weighted by molar-refractivity contribution is 6.03. The second-order valence-electron chi connectivity index (χ2n) is 24.4. The number of carboxylic acid groups (broad SMARTS) is 1. The van der Waals surface area contributed by atoms with Crippen LogP contribution in [0.1, 0.15) is 113 Å². The van der Waals surface area contributed by atoms with E-state index in [0.717, 1.165) is 5.39 Å². The molecule has 3 aliphatic rings. The lowest BCUT2D eigenvalue weighted by Crippen LogP contribution is -2.58. The number of benzene rings is 3. The van der Waals surface area contributed by atoms with E-state index in [0.29, 0.717) is 44.7 Å². The van der Waals surface area contributed by atoms with Gasteiger partial charge in [-0.3, -0.25) is 48.1 Å². The van der Waals surface area contributed by atoms with Crippen molar-refractivity contribution in [2.24, 2.45) is 33.3 Å². The summed E-state index contributed by atoms with van der Waals surface area (Å²) in [6.07, 6.45) is -0.170. The summed E-state index contributed by atoms with van der Waals surface area (Å²) in [4.78, 5) is 165. The van der Waals surface area contributed by atoms with Gasteiger partial charge in [-0.25, -0.2) is 14.6 Å². The van der Waals surface area contributed by atoms with Crippen LogP contribution in [0.5, 0.6) is 0 Å². The van der Waals surface area contributed by atoms with E-state index < -0.39 is 144 Å². The summed E-state index contributed by atoms with van der Waals surface area (Å²) in [5, 5.41) is 32.6. The first kappa shape index (κ1) is 75.0. The van der Waals surface area contributed by atoms with Gasteiger partial charge < -0.3 is 78.4 Å². The van der Waals surface area contributed by atoms with E-state index in [1.54, 1.807) is 87.6 Å². The number of nitrogens with one attached hydrogen (secondary N) is 7. The number of rotatable bonds is 22. The second-order valence-corrected chi connectivity index (χ2v) is 24.4. The van der Waals surface area contributed by atoms with Crippen molar-refractivity contribution in [3.05, 3.63) is 134 Å². The minimum atomic E-state index is -2.13. The van der Waals surface area contributed by atoms with Gasteiger partial charge in [-0.1, -0.05) is 98.7 Å². The first-order chi connectivity index (χ1) is 44.6. The number of oxime groups is 1. The van der Waals surface area contributed by atoms with Crippen LogP contribution in [-0.2, 0) is 100 Å². The van der Waals surface area contributed by atoms with Crippen LogP contribution in [0.25, 0.3) is 22.3 Å². The van der Waals surface area contributed by atoms with Gasteiger partial charge >= 0.3 is 17.9 Å². The summed E-state index contributed by atoms with van der Waals surface area (Å²) in [6.45, 7) is 9.41. The molecule has 29 nitrogen and oxygen atoms in total. The van der Waals surface area contributed by atoms with Gasteiger partial charge in [-0.2, -0.15) is 0 Å². The molecule has 8 rings (SSSR count).